The van der Waals surface area contributed by atoms with E-state index in [1.165, 1.54) is 37.3 Å². The molecule has 0 fully saturated rings. The first-order valence-electron chi connectivity index (χ1n) is 9.10. The zero-order valence-electron chi connectivity index (χ0n) is 16.3. The van der Waals surface area contributed by atoms with Gasteiger partial charge in [-0.25, -0.2) is 9.37 Å². The van der Waals surface area contributed by atoms with Gasteiger partial charge in [0.05, 0.1) is 10.6 Å². The van der Waals surface area contributed by atoms with Crippen LogP contribution in [-0.4, -0.2) is 48.1 Å². The van der Waals surface area contributed by atoms with Crippen LogP contribution in [0.1, 0.15) is 30.1 Å². The van der Waals surface area contributed by atoms with E-state index in [2.05, 4.69) is 17.2 Å². The number of rotatable bonds is 8. The molecule has 1 amide bonds. The normalized spacial score (nSPS) is 11.9. The lowest BCUT2D eigenvalue weighted by atomic mass is 10.0. The van der Waals surface area contributed by atoms with Gasteiger partial charge in [-0.2, -0.15) is 0 Å². The molecule has 152 valence electrons. The second-order valence-corrected chi connectivity index (χ2v) is 7.21. The van der Waals surface area contributed by atoms with Gasteiger partial charge in [0.1, 0.15) is 11.6 Å². The van der Waals surface area contributed by atoms with Crippen LogP contribution in [0.25, 0.3) is 11.1 Å². The number of carbonyl (C=O) groups is 1. The van der Waals surface area contributed by atoms with Gasteiger partial charge in [-0.3, -0.25) is 4.79 Å². The number of hydrogen-bond donors (Lipinski definition) is 3. The summed E-state index contributed by atoms with van der Waals surface area (Å²) in [4.78, 5) is 17.8. The van der Waals surface area contributed by atoms with E-state index in [1.54, 1.807) is 6.07 Å². The summed E-state index contributed by atoms with van der Waals surface area (Å²) in [5.74, 6) is -0.365. The average molecular weight is 409 g/mol. The van der Waals surface area contributed by atoms with Crippen molar-refractivity contribution in [3.05, 3.63) is 40.8 Å². The Balaban J connectivity index is 2.32. The van der Waals surface area contributed by atoms with E-state index in [4.69, 9.17) is 22.4 Å². The summed E-state index contributed by atoms with van der Waals surface area (Å²) >= 11 is 6.37. The van der Waals surface area contributed by atoms with Crippen LogP contribution in [0.2, 0.25) is 5.02 Å². The zero-order chi connectivity index (χ0) is 20.8. The number of aliphatic hydroxyl groups is 1. The number of nitrogens with zero attached hydrogens (tertiary/aromatic N) is 2. The molecule has 1 unspecified atom stereocenters. The minimum Gasteiger partial charge on any atom is -0.398 e. The average Bonchev–Trinajstić information content (AvgIpc) is 2.65. The Morgan fingerprint density at radius 3 is 2.68 bits per heavy atom. The SMILES string of the molecule is CCC(CCO)CNc1cc(Cl)c(-c2ccc(N)c(C(=O)N(C)C)c2F)cn1. The van der Waals surface area contributed by atoms with Gasteiger partial charge in [0, 0.05) is 50.3 Å². The molecule has 8 heteroatoms. The van der Waals surface area contributed by atoms with Crippen molar-refractivity contribution in [1.82, 2.24) is 9.88 Å². The number of nitrogens with one attached hydrogen (secondary N) is 1. The standard InChI is InChI=1S/C20H26ClFN4O2/c1-4-12(7-8-27)10-24-17-9-15(21)14(11-25-17)13-5-6-16(23)18(19(13)22)20(28)26(2)3/h5-6,9,11-12,27H,4,7-8,10,23H2,1-3H3,(H,24,25). The van der Waals surface area contributed by atoms with Crippen molar-refractivity contribution in [1.29, 1.82) is 0 Å². The third-order valence-corrected chi connectivity index (χ3v) is 4.94. The van der Waals surface area contributed by atoms with Crippen LogP contribution in [0.15, 0.2) is 24.4 Å². The fourth-order valence-corrected chi connectivity index (χ4v) is 3.10. The summed E-state index contributed by atoms with van der Waals surface area (Å²) in [5, 5.41) is 12.6. The van der Waals surface area contributed by atoms with Gasteiger partial charge in [-0.15, -0.1) is 0 Å². The highest BCUT2D eigenvalue weighted by molar-refractivity contribution is 6.33. The summed E-state index contributed by atoms with van der Waals surface area (Å²) in [5.41, 5.74) is 6.23. The van der Waals surface area contributed by atoms with Crippen molar-refractivity contribution >= 4 is 29.0 Å². The Morgan fingerprint density at radius 1 is 1.39 bits per heavy atom. The van der Waals surface area contributed by atoms with Gasteiger partial charge in [0.2, 0.25) is 0 Å². The quantitative estimate of drug-likeness (QED) is 0.580. The highest BCUT2D eigenvalue weighted by Crippen LogP contribution is 2.34. The molecule has 1 aromatic heterocycles. The molecule has 0 aliphatic carbocycles. The number of nitrogens with two attached hydrogens (primary N) is 1. The Labute approximate surface area is 169 Å². The van der Waals surface area contributed by atoms with E-state index in [0.717, 1.165) is 6.42 Å². The maximum absolute atomic E-state index is 15.0. The minimum absolute atomic E-state index is 0.0665. The maximum Gasteiger partial charge on any atom is 0.258 e. The Morgan fingerprint density at radius 2 is 2.11 bits per heavy atom. The number of carbonyl (C=O) groups excluding carboxylic acids is 1. The van der Waals surface area contributed by atoms with Crippen molar-refractivity contribution in [3.8, 4) is 11.1 Å². The number of aromatic nitrogens is 1. The van der Waals surface area contributed by atoms with Crippen molar-refractivity contribution in [2.45, 2.75) is 19.8 Å². The lowest BCUT2D eigenvalue weighted by Gasteiger charge is -2.17. The molecule has 1 heterocycles. The predicted molar refractivity (Wildman–Crippen MR) is 111 cm³/mol. The predicted octanol–water partition coefficient (Wildman–Crippen LogP) is 3.65. The molecule has 0 aliphatic heterocycles. The summed E-state index contributed by atoms with van der Waals surface area (Å²) in [6, 6.07) is 4.59. The van der Waals surface area contributed by atoms with Crippen LogP contribution in [-0.2, 0) is 0 Å². The van der Waals surface area contributed by atoms with E-state index >= 15 is 4.39 Å². The molecule has 0 saturated carbocycles. The molecular weight excluding hydrogens is 383 g/mol. The Hall–Kier alpha value is -2.38. The number of anilines is 2. The van der Waals surface area contributed by atoms with E-state index in [1.807, 2.05) is 0 Å². The molecule has 28 heavy (non-hydrogen) atoms. The Bertz CT molecular complexity index is 845. The number of amides is 1. The van der Waals surface area contributed by atoms with Gasteiger partial charge in [-0.05, 0) is 30.5 Å². The minimum atomic E-state index is -0.725. The van der Waals surface area contributed by atoms with Crippen LogP contribution in [0, 0.1) is 11.7 Å². The number of pyridine rings is 1. The highest BCUT2D eigenvalue weighted by Gasteiger charge is 2.22. The van der Waals surface area contributed by atoms with Crippen LogP contribution in [0.3, 0.4) is 0 Å². The summed E-state index contributed by atoms with van der Waals surface area (Å²) in [6.45, 7) is 2.84. The molecular formula is C20H26ClFN4O2. The third-order valence-electron chi connectivity index (χ3n) is 4.62. The number of aliphatic hydroxyl groups excluding tert-OH is 1. The third kappa shape index (κ3) is 4.91. The molecule has 4 N–H and O–H groups in total. The fraction of sp³-hybridized carbons (Fsp3) is 0.400. The van der Waals surface area contributed by atoms with Gasteiger partial charge < -0.3 is 21.1 Å². The molecule has 1 atom stereocenters. The van der Waals surface area contributed by atoms with Crippen molar-refractivity contribution in [2.24, 2.45) is 5.92 Å². The van der Waals surface area contributed by atoms with Gasteiger partial charge in [-0.1, -0.05) is 24.9 Å². The van der Waals surface area contributed by atoms with E-state index in [0.29, 0.717) is 35.3 Å². The maximum atomic E-state index is 15.0. The molecule has 0 spiro atoms. The zero-order valence-corrected chi connectivity index (χ0v) is 17.1. The lowest BCUT2D eigenvalue weighted by molar-refractivity contribution is 0.0824. The monoisotopic (exact) mass is 408 g/mol. The highest BCUT2D eigenvalue weighted by atomic mass is 35.5. The number of halogens is 2. The second kappa shape index (κ2) is 9.71. The van der Waals surface area contributed by atoms with Crippen molar-refractivity contribution < 1.29 is 14.3 Å². The second-order valence-electron chi connectivity index (χ2n) is 6.81. The first kappa shape index (κ1) is 21.9. The molecule has 2 rings (SSSR count). The van der Waals surface area contributed by atoms with Crippen molar-refractivity contribution in [2.75, 3.05) is 38.3 Å². The first-order valence-corrected chi connectivity index (χ1v) is 9.48. The van der Waals surface area contributed by atoms with Crippen LogP contribution in [0.5, 0.6) is 0 Å². The summed E-state index contributed by atoms with van der Waals surface area (Å²) < 4.78 is 15.0. The summed E-state index contributed by atoms with van der Waals surface area (Å²) in [7, 11) is 3.06. The van der Waals surface area contributed by atoms with Gasteiger partial charge in [0.25, 0.3) is 5.91 Å². The molecule has 6 nitrogen and oxygen atoms in total. The molecule has 0 saturated heterocycles. The fourth-order valence-electron chi connectivity index (χ4n) is 2.85. The van der Waals surface area contributed by atoms with Gasteiger partial charge in [0.15, 0.2) is 0 Å². The summed E-state index contributed by atoms with van der Waals surface area (Å²) in [6.07, 6.45) is 3.10. The van der Waals surface area contributed by atoms with Crippen LogP contribution >= 0.6 is 11.6 Å². The molecule has 0 radical (unpaired) electrons. The van der Waals surface area contributed by atoms with Crippen LogP contribution < -0.4 is 11.1 Å². The van der Waals surface area contributed by atoms with E-state index in [9.17, 15) is 4.79 Å². The largest absolute Gasteiger partial charge is 0.398 e. The number of benzene rings is 1. The van der Waals surface area contributed by atoms with Gasteiger partial charge >= 0.3 is 0 Å². The molecule has 0 bridgehead atoms. The first-order chi connectivity index (χ1) is 13.3. The number of hydrogen-bond acceptors (Lipinski definition) is 5. The topological polar surface area (TPSA) is 91.5 Å². The molecule has 1 aromatic carbocycles. The smallest absolute Gasteiger partial charge is 0.258 e. The molecule has 2 aromatic rings. The lowest BCUT2D eigenvalue weighted by Crippen LogP contribution is -2.24. The molecule has 0 aliphatic rings. The van der Waals surface area contributed by atoms with E-state index < -0.39 is 11.7 Å². The van der Waals surface area contributed by atoms with Crippen LogP contribution in [0.4, 0.5) is 15.9 Å². The Kier molecular flexibility index (Phi) is 7.60. The number of nitrogen functional groups attached to an aromatic ring is 1. The van der Waals surface area contributed by atoms with E-state index in [-0.39, 0.29) is 23.4 Å². The van der Waals surface area contributed by atoms with Crippen molar-refractivity contribution in [3.63, 3.8) is 0 Å².